The first kappa shape index (κ1) is 32.6. The Balaban J connectivity index is 1.27. The molecule has 7 rings (SSSR count). The Morgan fingerprint density at radius 1 is 1.16 bits per heavy atom. The van der Waals surface area contributed by atoms with Gasteiger partial charge in [0.2, 0.25) is 11.8 Å². The quantitative estimate of drug-likeness (QED) is 0.219. The van der Waals surface area contributed by atoms with Crippen molar-refractivity contribution in [1.29, 1.82) is 0 Å². The summed E-state index contributed by atoms with van der Waals surface area (Å²) in [4.78, 5) is 31.6. The summed E-state index contributed by atoms with van der Waals surface area (Å²) >= 11 is 0. The lowest BCUT2D eigenvalue weighted by Gasteiger charge is -2.22. The molecule has 2 fully saturated rings. The first-order chi connectivity index (χ1) is 23.5. The number of rotatable bonds is 9. The van der Waals surface area contributed by atoms with E-state index in [-0.39, 0.29) is 17.5 Å². The number of anilines is 2. The average Bonchev–Trinajstić information content (AvgIpc) is 3.90. The molecular weight excluding hydrogens is 647 g/mol. The van der Waals surface area contributed by atoms with Gasteiger partial charge < -0.3 is 29.7 Å². The SMILES string of the molecule is CCn1nnc([C@H]2O[C@@H](n3cnc4c(NCc5cccc6ccccc56)nc(N5CC[C@@H](N(C)C)C5)nc43)[C@H](O)[C@@H]2OC(=O)C(F)(F)F)n1. The minimum atomic E-state index is -5.31. The first-order valence-corrected chi connectivity index (χ1v) is 15.8. The molecule has 0 bridgehead atoms. The molecule has 0 amide bonds. The Morgan fingerprint density at radius 2 is 1.96 bits per heavy atom. The predicted molar refractivity (Wildman–Crippen MR) is 169 cm³/mol. The number of aromatic nitrogens is 8. The van der Waals surface area contributed by atoms with Gasteiger partial charge in [-0.3, -0.25) is 4.57 Å². The minimum absolute atomic E-state index is 0.160. The Kier molecular flexibility index (Phi) is 8.53. The lowest BCUT2D eigenvalue weighted by atomic mass is 10.0. The van der Waals surface area contributed by atoms with E-state index in [9.17, 15) is 23.1 Å². The zero-order chi connectivity index (χ0) is 34.4. The molecule has 2 N–H and O–H groups in total. The second-order valence-corrected chi connectivity index (χ2v) is 12.2. The summed E-state index contributed by atoms with van der Waals surface area (Å²) in [6.45, 7) is 3.79. The third kappa shape index (κ3) is 6.22. The number of halogens is 3. The maximum Gasteiger partial charge on any atom is 0.490 e. The molecular formula is C31H34F3N11O4. The Hall–Kier alpha value is -4.94. The van der Waals surface area contributed by atoms with Crippen LogP contribution in [0.4, 0.5) is 24.9 Å². The number of nitrogens with zero attached hydrogens (tertiary/aromatic N) is 10. The topological polar surface area (TPSA) is 161 Å². The lowest BCUT2D eigenvalue weighted by Crippen LogP contribution is -2.38. The lowest BCUT2D eigenvalue weighted by molar-refractivity contribution is -0.210. The smallest absolute Gasteiger partial charge is 0.449 e. The van der Waals surface area contributed by atoms with E-state index in [1.165, 1.54) is 15.7 Å². The van der Waals surface area contributed by atoms with Crippen molar-refractivity contribution in [1.82, 2.24) is 44.6 Å². The highest BCUT2D eigenvalue weighted by Gasteiger charge is 2.53. The monoisotopic (exact) mass is 681 g/mol. The summed E-state index contributed by atoms with van der Waals surface area (Å²) in [5.74, 6) is -1.84. The Bertz CT molecular complexity index is 1980. The van der Waals surface area contributed by atoms with E-state index >= 15 is 0 Å². The summed E-state index contributed by atoms with van der Waals surface area (Å²) < 4.78 is 52.2. The number of hydrogen-bond acceptors (Lipinski definition) is 13. The number of imidazole rings is 1. The van der Waals surface area contributed by atoms with Gasteiger partial charge in [0.15, 0.2) is 35.4 Å². The second kappa shape index (κ2) is 12.8. The van der Waals surface area contributed by atoms with E-state index in [1.807, 2.05) is 61.5 Å². The van der Waals surface area contributed by atoms with Gasteiger partial charge in [-0.15, -0.1) is 10.2 Å². The van der Waals surface area contributed by atoms with Crippen molar-refractivity contribution < 1.29 is 32.5 Å². The van der Waals surface area contributed by atoms with E-state index in [0.29, 0.717) is 43.5 Å². The van der Waals surface area contributed by atoms with Crippen molar-refractivity contribution in [3.8, 4) is 0 Å². The van der Waals surface area contributed by atoms with E-state index in [4.69, 9.17) is 19.4 Å². The van der Waals surface area contributed by atoms with Crippen LogP contribution in [0.25, 0.3) is 21.9 Å². The summed E-state index contributed by atoms with van der Waals surface area (Å²) in [7, 11) is 4.02. The molecule has 5 heterocycles. The van der Waals surface area contributed by atoms with Crippen LogP contribution in [-0.2, 0) is 27.4 Å². The Morgan fingerprint density at radius 3 is 2.69 bits per heavy atom. The average molecular weight is 682 g/mol. The highest BCUT2D eigenvalue weighted by Crippen LogP contribution is 2.42. The number of hydrogen-bond donors (Lipinski definition) is 2. The van der Waals surface area contributed by atoms with Crippen LogP contribution in [0.1, 0.15) is 37.1 Å². The van der Waals surface area contributed by atoms with E-state index in [1.54, 1.807) is 6.92 Å². The molecule has 5 atom stereocenters. The zero-order valence-corrected chi connectivity index (χ0v) is 26.8. The van der Waals surface area contributed by atoms with Crippen LogP contribution in [0.5, 0.6) is 0 Å². The van der Waals surface area contributed by atoms with Crippen LogP contribution < -0.4 is 10.2 Å². The van der Waals surface area contributed by atoms with Crippen LogP contribution >= 0.6 is 0 Å². The summed E-state index contributed by atoms with van der Waals surface area (Å²) in [6.07, 6.45) is -9.56. The van der Waals surface area contributed by atoms with Gasteiger partial charge in [-0.25, -0.2) is 9.78 Å². The van der Waals surface area contributed by atoms with Gasteiger partial charge in [-0.05, 0) is 49.0 Å². The molecule has 2 aromatic carbocycles. The normalized spacial score (nSPS) is 22.9. The van der Waals surface area contributed by atoms with Crippen LogP contribution in [0, 0.1) is 0 Å². The van der Waals surface area contributed by atoms with E-state index in [2.05, 4.69) is 30.6 Å². The fraction of sp³-hybridized carbons (Fsp3) is 0.452. The fourth-order valence-corrected chi connectivity index (χ4v) is 6.24. The van der Waals surface area contributed by atoms with Crippen LogP contribution in [0.3, 0.4) is 0 Å². The number of alkyl halides is 3. The van der Waals surface area contributed by atoms with Crippen LogP contribution in [-0.4, -0.2) is 107 Å². The fourth-order valence-electron chi connectivity index (χ4n) is 6.24. The summed E-state index contributed by atoms with van der Waals surface area (Å²) in [5, 5.41) is 28.8. The maximum atomic E-state index is 13.3. The van der Waals surface area contributed by atoms with Gasteiger partial charge in [0.05, 0.1) is 12.9 Å². The van der Waals surface area contributed by atoms with Crippen molar-refractivity contribution in [2.45, 2.75) is 63.2 Å². The number of likely N-dealkylation sites (N-methyl/N-ethyl adjacent to an activating group) is 1. The van der Waals surface area contributed by atoms with Crippen LogP contribution in [0.15, 0.2) is 48.8 Å². The largest absolute Gasteiger partial charge is 0.490 e. The molecule has 15 nitrogen and oxygen atoms in total. The van der Waals surface area contributed by atoms with Crippen molar-refractivity contribution in [2.24, 2.45) is 0 Å². The van der Waals surface area contributed by atoms with Gasteiger partial charge in [0.1, 0.15) is 6.10 Å². The number of carbonyl (C=O) groups excluding carboxylic acids is 1. The number of nitrogens with one attached hydrogen (secondary N) is 1. The molecule has 2 saturated heterocycles. The molecule has 2 aliphatic heterocycles. The molecule has 258 valence electrons. The van der Waals surface area contributed by atoms with Crippen molar-refractivity contribution in [3.63, 3.8) is 0 Å². The number of aryl methyl sites for hydroxylation is 1. The molecule has 3 aromatic heterocycles. The standard InChI is InChI=1S/C31H34F3N11O4/c1-4-45-40-26(39-41-45)24-23(49-29(47)31(32,33)34)22(46)28(48-24)44-16-36-21-25(35-14-18-10-7-9-17-8-5-6-11-20(17)18)37-30(38-27(21)44)43-13-12-19(15-43)42(2)3/h5-11,16,19,22-24,28,46H,4,12-15H2,1-3H3,(H,35,37,38)/t19-,22-,23+,24+,28-/m1/s1. The molecule has 0 aliphatic carbocycles. The summed E-state index contributed by atoms with van der Waals surface area (Å²) in [6, 6.07) is 14.3. The number of benzene rings is 2. The Labute approximate surface area is 277 Å². The van der Waals surface area contributed by atoms with Gasteiger partial charge in [0, 0.05) is 25.7 Å². The predicted octanol–water partition coefficient (Wildman–Crippen LogP) is 2.84. The van der Waals surface area contributed by atoms with Gasteiger partial charge in [-0.2, -0.15) is 27.9 Å². The second-order valence-electron chi connectivity index (χ2n) is 12.2. The number of esters is 1. The maximum absolute atomic E-state index is 13.3. The van der Waals surface area contributed by atoms with Crippen molar-refractivity contribution in [3.05, 3.63) is 60.2 Å². The first-order valence-electron chi connectivity index (χ1n) is 15.8. The third-order valence-electron chi connectivity index (χ3n) is 8.88. The number of ether oxygens (including phenoxy) is 2. The highest BCUT2D eigenvalue weighted by molar-refractivity contribution is 5.87. The van der Waals surface area contributed by atoms with Gasteiger partial charge in [0.25, 0.3) is 0 Å². The van der Waals surface area contributed by atoms with Crippen LogP contribution in [0.2, 0.25) is 0 Å². The van der Waals surface area contributed by atoms with Crippen molar-refractivity contribution in [2.75, 3.05) is 37.4 Å². The van der Waals surface area contributed by atoms with Gasteiger partial charge >= 0.3 is 12.1 Å². The summed E-state index contributed by atoms with van der Waals surface area (Å²) in [5.41, 5.74) is 1.61. The molecule has 49 heavy (non-hydrogen) atoms. The number of carbonyl (C=O) groups is 1. The minimum Gasteiger partial charge on any atom is -0.449 e. The molecule has 0 spiro atoms. The molecule has 18 heteroatoms. The number of aliphatic hydroxyl groups excluding tert-OH is 1. The number of tetrazole rings is 1. The van der Waals surface area contributed by atoms with Gasteiger partial charge in [-0.1, -0.05) is 42.5 Å². The molecule has 5 aromatic rings. The van der Waals surface area contributed by atoms with Crippen molar-refractivity contribution >= 4 is 39.7 Å². The zero-order valence-electron chi connectivity index (χ0n) is 26.8. The molecule has 0 radical (unpaired) electrons. The van der Waals surface area contributed by atoms with E-state index < -0.39 is 36.7 Å². The number of aliphatic hydroxyl groups is 1. The molecule has 0 unspecified atom stereocenters. The third-order valence-corrected chi connectivity index (χ3v) is 8.88. The highest BCUT2D eigenvalue weighted by atomic mass is 19.4. The number of fused-ring (bicyclic) bond motifs is 2. The van der Waals surface area contributed by atoms with E-state index in [0.717, 1.165) is 22.8 Å². The molecule has 2 aliphatic rings. The molecule has 0 saturated carbocycles.